The number of anilines is 2. The fourth-order valence-electron chi connectivity index (χ4n) is 3.70. The van der Waals surface area contributed by atoms with Gasteiger partial charge in [-0.2, -0.15) is 10.2 Å². The molecule has 35 heavy (non-hydrogen) atoms. The van der Waals surface area contributed by atoms with Crippen LogP contribution in [0.4, 0.5) is 11.5 Å². The number of hydrogen-bond donors (Lipinski definition) is 2. The molecule has 8 nitrogen and oxygen atoms in total. The fourth-order valence-corrected chi connectivity index (χ4v) is 3.70. The van der Waals surface area contributed by atoms with E-state index in [1.54, 1.807) is 13.1 Å². The van der Waals surface area contributed by atoms with Crippen molar-refractivity contribution in [3.05, 3.63) is 77.2 Å². The van der Waals surface area contributed by atoms with Gasteiger partial charge in [0.1, 0.15) is 5.82 Å². The van der Waals surface area contributed by atoms with Crippen LogP contribution in [0.25, 0.3) is 22.6 Å². The second-order valence-electron chi connectivity index (χ2n) is 8.30. The van der Waals surface area contributed by atoms with Gasteiger partial charge in [-0.05, 0) is 55.2 Å². The monoisotopic (exact) mass is 466 g/mol. The van der Waals surface area contributed by atoms with E-state index in [-0.39, 0.29) is 18.7 Å². The molecule has 0 spiro atoms. The lowest BCUT2D eigenvalue weighted by Crippen LogP contribution is -2.15. The molecule has 8 heteroatoms. The molecule has 4 rings (SSSR count). The van der Waals surface area contributed by atoms with E-state index in [4.69, 9.17) is 9.78 Å². The molecule has 0 aliphatic heterocycles. The highest BCUT2D eigenvalue weighted by Gasteiger charge is 2.14. The zero-order chi connectivity index (χ0) is 24.8. The van der Waals surface area contributed by atoms with E-state index >= 15 is 0 Å². The van der Waals surface area contributed by atoms with E-state index in [9.17, 15) is 4.79 Å². The Bertz CT molecular complexity index is 1390. The number of aromatic nitrogens is 3. The van der Waals surface area contributed by atoms with Crippen molar-refractivity contribution in [1.82, 2.24) is 15.1 Å². The maximum absolute atomic E-state index is 12.1. The third-order valence-electron chi connectivity index (χ3n) is 5.55. The van der Waals surface area contributed by atoms with E-state index in [0.717, 1.165) is 33.4 Å². The third kappa shape index (κ3) is 5.71. The van der Waals surface area contributed by atoms with Crippen molar-refractivity contribution >= 4 is 17.4 Å². The van der Waals surface area contributed by atoms with Gasteiger partial charge in [-0.15, -0.1) is 0 Å². The second-order valence-corrected chi connectivity index (χ2v) is 8.30. The molecule has 0 bridgehead atoms. The van der Waals surface area contributed by atoms with Gasteiger partial charge in [0, 0.05) is 31.1 Å². The molecule has 176 valence electrons. The van der Waals surface area contributed by atoms with Crippen LogP contribution < -0.4 is 10.6 Å². The predicted octanol–water partition coefficient (Wildman–Crippen LogP) is 5.58. The first kappa shape index (κ1) is 23.6. The van der Waals surface area contributed by atoms with E-state index < -0.39 is 0 Å². The molecule has 0 saturated heterocycles. The summed E-state index contributed by atoms with van der Waals surface area (Å²) in [4.78, 5) is 20.9. The Hall–Kier alpha value is -4.51. The predicted molar refractivity (Wildman–Crippen MR) is 134 cm³/mol. The summed E-state index contributed by atoms with van der Waals surface area (Å²) in [6.45, 7) is 6.29. The zero-order valence-corrected chi connectivity index (χ0v) is 19.9. The maximum Gasteiger partial charge on any atom is 0.258 e. The average Bonchev–Trinajstić information content (AvgIpc) is 3.29. The molecule has 2 aromatic carbocycles. The third-order valence-corrected chi connectivity index (χ3v) is 5.55. The Morgan fingerprint density at radius 1 is 1.06 bits per heavy atom. The quantitative estimate of drug-likeness (QED) is 0.348. The normalized spacial score (nSPS) is 10.6. The highest BCUT2D eigenvalue weighted by atomic mass is 16.5. The molecule has 2 aromatic heterocycles. The Morgan fingerprint density at radius 2 is 1.86 bits per heavy atom. The summed E-state index contributed by atoms with van der Waals surface area (Å²) in [7, 11) is 0. The molecule has 0 aliphatic carbocycles. The molecule has 4 aromatic rings. The molecular weight excluding hydrogens is 440 g/mol. The minimum absolute atomic E-state index is 0.149. The summed E-state index contributed by atoms with van der Waals surface area (Å²) in [5.41, 5.74) is 6.68. The van der Waals surface area contributed by atoms with Crippen molar-refractivity contribution in [2.75, 3.05) is 10.6 Å². The number of nitrogens with zero attached hydrogens (tertiary/aromatic N) is 4. The van der Waals surface area contributed by atoms with Crippen LogP contribution in [0, 0.1) is 32.1 Å². The molecule has 0 radical (unpaired) electrons. The SMILES string of the molecule is Cc1ccc(-c2nc(C)no2)c(-c2ccc(CNc3nccc(C)c3NC(=O)CCC#N)cc2)c1. The molecule has 2 N–H and O–H groups in total. The summed E-state index contributed by atoms with van der Waals surface area (Å²) in [6, 6.07) is 18.2. The van der Waals surface area contributed by atoms with Crippen LogP contribution in [0.2, 0.25) is 0 Å². The lowest BCUT2D eigenvalue weighted by Gasteiger charge is -2.15. The van der Waals surface area contributed by atoms with Crippen LogP contribution >= 0.6 is 0 Å². The van der Waals surface area contributed by atoms with Gasteiger partial charge in [-0.25, -0.2) is 4.98 Å². The van der Waals surface area contributed by atoms with Gasteiger partial charge >= 0.3 is 0 Å². The Kier molecular flexibility index (Phi) is 7.17. The van der Waals surface area contributed by atoms with E-state index in [1.165, 1.54) is 0 Å². The highest BCUT2D eigenvalue weighted by Crippen LogP contribution is 2.32. The average molecular weight is 467 g/mol. The van der Waals surface area contributed by atoms with Crippen LogP contribution in [-0.2, 0) is 11.3 Å². The van der Waals surface area contributed by atoms with E-state index in [0.29, 0.717) is 29.8 Å². The number of hydrogen-bond acceptors (Lipinski definition) is 7. The van der Waals surface area contributed by atoms with Gasteiger partial charge in [-0.1, -0.05) is 47.1 Å². The molecule has 2 heterocycles. The number of rotatable bonds is 8. The van der Waals surface area contributed by atoms with Gasteiger partial charge in [0.2, 0.25) is 5.91 Å². The summed E-state index contributed by atoms with van der Waals surface area (Å²) in [5, 5.41) is 18.8. The van der Waals surface area contributed by atoms with Crippen molar-refractivity contribution in [3.63, 3.8) is 0 Å². The Balaban J connectivity index is 1.51. The molecule has 0 fully saturated rings. The smallest absolute Gasteiger partial charge is 0.258 e. The maximum atomic E-state index is 12.1. The second kappa shape index (κ2) is 10.6. The van der Waals surface area contributed by atoms with E-state index in [1.807, 2.05) is 31.2 Å². The lowest BCUT2D eigenvalue weighted by molar-refractivity contribution is -0.116. The van der Waals surface area contributed by atoms with E-state index in [2.05, 4.69) is 63.0 Å². The van der Waals surface area contributed by atoms with Gasteiger partial charge in [0.15, 0.2) is 5.82 Å². The minimum atomic E-state index is -0.208. The van der Waals surface area contributed by atoms with Crippen molar-refractivity contribution in [2.24, 2.45) is 0 Å². The molecule has 1 amide bonds. The Morgan fingerprint density at radius 3 is 2.57 bits per heavy atom. The summed E-state index contributed by atoms with van der Waals surface area (Å²) < 4.78 is 5.41. The highest BCUT2D eigenvalue weighted by molar-refractivity contribution is 5.94. The van der Waals surface area contributed by atoms with Crippen LogP contribution in [-0.4, -0.2) is 21.0 Å². The Labute approximate surface area is 204 Å². The van der Waals surface area contributed by atoms with Crippen molar-refractivity contribution < 1.29 is 9.32 Å². The molecular formula is C27H26N6O2. The molecule has 0 aliphatic rings. The first-order valence-corrected chi connectivity index (χ1v) is 11.3. The topological polar surface area (TPSA) is 117 Å². The number of nitriles is 1. The number of nitrogens with one attached hydrogen (secondary N) is 2. The lowest BCUT2D eigenvalue weighted by atomic mass is 9.96. The molecule has 0 atom stereocenters. The number of aryl methyl sites for hydroxylation is 3. The number of amides is 1. The number of benzene rings is 2. The summed E-state index contributed by atoms with van der Waals surface area (Å²) >= 11 is 0. The first-order valence-electron chi connectivity index (χ1n) is 11.3. The van der Waals surface area contributed by atoms with Crippen LogP contribution in [0.15, 0.2) is 59.3 Å². The first-order chi connectivity index (χ1) is 16.9. The van der Waals surface area contributed by atoms with Gasteiger partial charge < -0.3 is 15.2 Å². The van der Waals surface area contributed by atoms with Crippen molar-refractivity contribution in [3.8, 4) is 28.7 Å². The van der Waals surface area contributed by atoms with Crippen LogP contribution in [0.3, 0.4) is 0 Å². The molecule has 0 saturated carbocycles. The number of pyridine rings is 1. The van der Waals surface area contributed by atoms with Gasteiger partial charge in [-0.3, -0.25) is 4.79 Å². The largest absolute Gasteiger partial charge is 0.364 e. The summed E-state index contributed by atoms with van der Waals surface area (Å²) in [5.74, 6) is 1.48. The minimum Gasteiger partial charge on any atom is -0.364 e. The molecule has 0 unspecified atom stereocenters. The fraction of sp³-hybridized carbons (Fsp3) is 0.222. The van der Waals surface area contributed by atoms with Crippen LogP contribution in [0.5, 0.6) is 0 Å². The standard InChI is InChI=1S/C27H26N6O2/c1-17-6-11-22(27-31-19(3)33-35-27)23(15-17)21-9-7-20(8-10-21)16-30-26-25(18(2)12-14-29-26)32-24(34)5-4-13-28/h6-12,14-15H,4-5,16H2,1-3H3,(H,29,30)(H,32,34). The van der Waals surface area contributed by atoms with Gasteiger partial charge in [0.25, 0.3) is 5.89 Å². The summed E-state index contributed by atoms with van der Waals surface area (Å²) in [6.07, 6.45) is 2.02. The number of carbonyl (C=O) groups is 1. The van der Waals surface area contributed by atoms with Gasteiger partial charge in [0.05, 0.1) is 11.8 Å². The van der Waals surface area contributed by atoms with Crippen molar-refractivity contribution in [2.45, 2.75) is 40.2 Å². The zero-order valence-electron chi connectivity index (χ0n) is 19.9. The van der Waals surface area contributed by atoms with Crippen LogP contribution in [0.1, 0.15) is 35.4 Å². The number of carbonyl (C=O) groups excluding carboxylic acids is 1. The van der Waals surface area contributed by atoms with Crippen molar-refractivity contribution in [1.29, 1.82) is 5.26 Å².